The lowest BCUT2D eigenvalue weighted by Crippen LogP contribution is -1.90. The van der Waals surface area contributed by atoms with Crippen LogP contribution < -0.4 is 5.32 Å². The Labute approximate surface area is 196 Å². The van der Waals surface area contributed by atoms with Gasteiger partial charge in [0.2, 0.25) is 0 Å². The van der Waals surface area contributed by atoms with Crippen molar-refractivity contribution in [1.82, 2.24) is 4.98 Å². The standard InChI is InChI=1S/C31H30N2/c1-4-12-25(26-18-19-31-29(22-26)28-16-8-9-17-30(28)33-31)21-24(3)23(2)13-10-11-20-32-27-14-6-5-7-15-27/h4-8,10-16,18-22,32-33H,2-3,9,17H2,1H3/b12-4-,13-10-,20-11-,25-21+. The van der Waals surface area contributed by atoms with Crippen molar-refractivity contribution in [2.75, 3.05) is 5.32 Å². The Balaban J connectivity index is 1.49. The number of aryl methyl sites for hydroxylation is 1. The summed E-state index contributed by atoms with van der Waals surface area (Å²) < 4.78 is 0. The zero-order valence-corrected chi connectivity index (χ0v) is 19.1. The predicted octanol–water partition coefficient (Wildman–Crippen LogP) is 8.38. The molecule has 0 fully saturated rings. The van der Waals surface area contributed by atoms with Crippen molar-refractivity contribution < 1.29 is 0 Å². The minimum atomic E-state index is 0.879. The van der Waals surface area contributed by atoms with E-state index in [0.717, 1.165) is 35.2 Å². The molecule has 0 radical (unpaired) electrons. The number of rotatable bonds is 8. The maximum Gasteiger partial charge on any atom is 0.0462 e. The van der Waals surface area contributed by atoms with Gasteiger partial charge in [0.1, 0.15) is 0 Å². The minimum Gasteiger partial charge on any atom is -0.362 e. The van der Waals surface area contributed by atoms with Crippen molar-refractivity contribution in [2.45, 2.75) is 19.8 Å². The van der Waals surface area contributed by atoms with E-state index in [1.807, 2.05) is 61.7 Å². The molecule has 0 unspecified atom stereocenters. The molecule has 33 heavy (non-hydrogen) atoms. The summed E-state index contributed by atoms with van der Waals surface area (Å²) in [5.41, 5.74) is 8.96. The molecular formula is C31H30N2. The highest BCUT2D eigenvalue weighted by atomic mass is 14.8. The summed E-state index contributed by atoms with van der Waals surface area (Å²) in [6.45, 7) is 10.5. The second-order valence-electron chi connectivity index (χ2n) is 8.10. The van der Waals surface area contributed by atoms with Gasteiger partial charge >= 0.3 is 0 Å². The lowest BCUT2D eigenvalue weighted by Gasteiger charge is -2.07. The molecule has 0 atom stereocenters. The van der Waals surface area contributed by atoms with Gasteiger partial charge in [0.25, 0.3) is 0 Å². The van der Waals surface area contributed by atoms with Crippen molar-refractivity contribution >= 4 is 28.2 Å². The molecule has 0 bridgehead atoms. The first-order chi connectivity index (χ1) is 16.2. The second kappa shape index (κ2) is 10.5. The lowest BCUT2D eigenvalue weighted by molar-refractivity contribution is 0.951. The molecule has 2 nitrogen and oxygen atoms in total. The molecule has 164 valence electrons. The van der Waals surface area contributed by atoms with E-state index in [4.69, 9.17) is 0 Å². The normalized spacial score (nSPS) is 13.9. The minimum absolute atomic E-state index is 0.879. The average molecular weight is 431 g/mol. The highest BCUT2D eigenvalue weighted by molar-refractivity contribution is 5.94. The number of allylic oxidation sites excluding steroid dienone is 10. The summed E-state index contributed by atoms with van der Waals surface area (Å²) >= 11 is 0. The molecule has 0 spiro atoms. The highest BCUT2D eigenvalue weighted by Crippen LogP contribution is 2.31. The Kier molecular flexibility index (Phi) is 7.06. The number of aromatic nitrogens is 1. The molecule has 2 aromatic carbocycles. The fourth-order valence-electron chi connectivity index (χ4n) is 3.97. The summed E-state index contributed by atoms with van der Waals surface area (Å²) in [6, 6.07) is 16.7. The van der Waals surface area contributed by atoms with Crippen LogP contribution >= 0.6 is 0 Å². The molecule has 0 saturated heterocycles. The van der Waals surface area contributed by atoms with Crippen molar-refractivity contribution in [3.63, 3.8) is 0 Å². The van der Waals surface area contributed by atoms with Crippen LogP contribution in [0.2, 0.25) is 0 Å². The maximum atomic E-state index is 4.25. The Bertz CT molecular complexity index is 1310. The number of nitrogens with one attached hydrogen (secondary N) is 2. The van der Waals surface area contributed by atoms with E-state index in [0.29, 0.717) is 0 Å². The van der Waals surface area contributed by atoms with Crippen molar-refractivity contribution in [3.8, 4) is 0 Å². The summed E-state index contributed by atoms with van der Waals surface area (Å²) in [5.74, 6) is 0. The Morgan fingerprint density at radius 3 is 2.67 bits per heavy atom. The fraction of sp³-hybridized carbons (Fsp3) is 0.0968. The molecule has 1 aliphatic carbocycles. The number of para-hydroxylation sites is 1. The highest BCUT2D eigenvalue weighted by Gasteiger charge is 2.12. The third kappa shape index (κ3) is 5.42. The molecule has 4 rings (SSSR count). The Morgan fingerprint density at radius 1 is 1.00 bits per heavy atom. The fourth-order valence-corrected chi connectivity index (χ4v) is 3.97. The molecule has 2 heteroatoms. The number of aromatic amines is 1. The van der Waals surface area contributed by atoms with Gasteiger partial charge in [0.05, 0.1) is 0 Å². The van der Waals surface area contributed by atoms with Crippen molar-refractivity contribution in [1.29, 1.82) is 0 Å². The molecule has 1 heterocycles. The summed E-state index contributed by atoms with van der Waals surface area (Å²) in [5, 5.41) is 4.51. The molecule has 1 aliphatic rings. The predicted molar refractivity (Wildman–Crippen MR) is 145 cm³/mol. The maximum absolute atomic E-state index is 4.25. The number of H-pyrrole nitrogens is 1. The van der Waals surface area contributed by atoms with E-state index in [9.17, 15) is 0 Å². The first-order valence-electron chi connectivity index (χ1n) is 11.3. The van der Waals surface area contributed by atoms with E-state index in [1.165, 1.54) is 27.7 Å². The molecule has 0 amide bonds. The van der Waals surface area contributed by atoms with Gasteiger partial charge in [-0.25, -0.2) is 0 Å². The van der Waals surface area contributed by atoms with Crippen LogP contribution in [0.1, 0.15) is 30.2 Å². The van der Waals surface area contributed by atoms with Crippen LogP contribution in [0.25, 0.3) is 22.6 Å². The molecule has 1 aromatic heterocycles. The van der Waals surface area contributed by atoms with Gasteiger partial charge in [-0.1, -0.05) is 73.9 Å². The zero-order valence-electron chi connectivity index (χ0n) is 19.1. The molecule has 0 saturated carbocycles. The van der Waals surface area contributed by atoms with E-state index >= 15 is 0 Å². The van der Waals surface area contributed by atoms with Gasteiger partial charge in [-0.3, -0.25) is 0 Å². The third-order valence-corrected chi connectivity index (χ3v) is 5.72. The van der Waals surface area contributed by atoms with E-state index in [2.05, 4.69) is 72.0 Å². The number of benzene rings is 2. The van der Waals surface area contributed by atoms with Crippen LogP contribution in [-0.2, 0) is 6.42 Å². The van der Waals surface area contributed by atoms with Crippen LogP contribution in [-0.4, -0.2) is 4.98 Å². The summed E-state index contributed by atoms with van der Waals surface area (Å²) in [4.78, 5) is 3.58. The quantitative estimate of drug-likeness (QED) is 0.345. The van der Waals surface area contributed by atoms with Crippen LogP contribution in [0, 0.1) is 0 Å². The number of anilines is 1. The van der Waals surface area contributed by atoms with E-state index in [1.54, 1.807) is 0 Å². The number of hydrogen-bond acceptors (Lipinski definition) is 1. The molecule has 0 aliphatic heterocycles. The largest absolute Gasteiger partial charge is 0.362 e. The number of hydrogen-bond donors (Lipinski definition) is 2. The average Bonchev–Trinajstić information content (AvgIpc) is 3.22. The van der Waals surface area contributed by atoms with Gasteiger partial charge < -0.3 is 10.3 Å². The van der Waals surface area contributed by atoms with Crippen LogP contribution in [0.3, 0.4) is 0 Å². The first kappa shape index (κ1) is 22.2. The van der Waals surface area contributed by atoms with Gasteiger partial charge in [0.15, 0.2) is 0 Å². The molecule has 3 aromatic rings. The first-order valence-corrected chi connectivity index (χ1v) is 11.3. The Hall–Kier alpha value is -4.04. The van der Waals surface area contributed by atoms with Gasteiger partial charge in [-0.2, -0.15) is 0 Å². The van der Waals surface area contributed by atoms with Crippen LogP contribution in [0.15, 0.2) is 122 Å². The summed E-state index contributed by atoms with van der Waals surface area (Å²) in [7, 11) is 0. The van der Waals surface area contributed by atoms with Crippen molar-refractivity contribution in [3.05, 3.63) is 138 Å². The van der Waals surface area contributed by atoms with Gasteiger partial charge in [-0.05, 0) is 78.5 Å². The monoisotopic (exact) mass is 430 g/mol. The smallest absolute Gasteiger partial charge is 0.0462 e. The van der Waals surface area contributed by atoms with Gasteiger partial charge in [0, 0.05) is 34.0 Å². The zero-order chi connectivity index (χ0) is 23.0. The van der Waals surface area contributed by atoms with Crippen LogP contribution in [0.4, 0.5) is 5.69 Å². The van der Waals surface area contributed by atoms with E-state index < -0.39 is 0 Å². The third-order valence-electron chi connectivity index (χ3n) is 5.72. The molecule has 2 N–H and O–H groups in total. The Morgan fingerprint density at radius 2 is 1.85 bits per heavy atom. The lowest BCUT2D eigenvalue weighted by atomic mass is 9.96. The topological polar surface area (TPSA) is 27.8 Å². The molecular weight excluding hydrogens is 400 g/mol. The SMILES string of the molecule is C=C(/C=C\C=C/Nc1ccccc1)C(=C)/C=C(\C=C/C)c1ccc2[nH]c3c(c2c1)C=CCC3. The number of fused-ring (bicyclic) bond motifs is 3. The van der Waals surface area contributed by atoms with Crippen LogP contribution in [0.5, 0.6) is 0 Å². The summed E-state index contributed by atoms with van der Waals surface area (Å²) in [6.07, 6.45) is 20.8. The van der Waals surface area contributed by atoms with Gasteiger partial charge in [-0.15, -0.1) is 0 Å². The second-order valence-corrected chi connectivity index (χ2v) is 8.10. The van der Waals surface area contributed by atoms with Crippen molar-refractivity contribution in [2.24, 2.45) is 0 Å². The van der Waals surface area contributed by atoms with E-state index in [-0.39, 0.29) is 0 Å².